The van der Waals surface area contributed by atoms with Gasteiger partial charge in [-0.1, -0.05) is 13.8 Å². The van der Waals surface area contributed by atoms with E-state index in [1.807, 2.05) is 13.8 Å². The first kappa shape index (κ1) is 15.9. The number of sulfonamides is 1. The van der Waals surface area contributed by atoms with Gasteiger partial charge < -0.3 is 10.8 Å². The molecular formula is C13H22N2O3S. The van der Waals surface area contributed by atoms with E-state index in [2.05, 4.69) is 4.72 Å². The highest BCUT2D eigenvalue weighted by Crippen LogP contribution is 2.22. The van der Waals surface area contributed by atoms with Gasteiger partial charge in [0.2, 0.25) is 10.0 Å². The molecule has 5 nitrogen and oxygen atoms in total. The lowest BCUT2D eigenvalue weighted by molar-refractivity contribution is 0.129. The lowest BCUT2D eigenvalue weighted by Crippen LogP contribution is -2.35. The second-order valence-corrected chi connectivity index (χ2v) is 6.85. The van der Waals surface area contributed by atoms with Gasteiger partial charge in [-0.25, -0.2) is 13.1 Å². The molecule has 0 bridgehead atoms. The molecule has 0 saturated carbocycles. The van der Waals surface area contributed by atoms with Gasteiger partial charge in [0.15, 0.2) is 0 Å². The van der Waals surface area contributed by atoms with Crippen molar-refractivity contribution in [2.75, 3.05) is 12.3 Å². The average Bonchev–Trinajstić information content (AvgIpc) is 2.23. The first-order valence-corrected chi connectivity index (χ1v) is 7.68. The molecule has 1 rings (SSSR count). The summed E-state index contributed by atoms with van der Waals surface area (Å²) in [6, 6.07) is 3.25. The van der Waals surface area contributed by atoms with Crippen LogP contribution in [0.15, 0.2) is 17.0 Å². The monoisotopic (exact) mass is 286 g/mol. The lowest BCUT2D eigenvalue weighted by Gasteiger charge is -2.17. The normalized spacial score (nSPS) is 13.8. The Hall–Kier alpha value is -1.11. The number of nitrogens with two attached hydrogens (primary N) is 1. The number of nitrogen functional groups attached to an aromatic ring is 1. The van der Waals surface area contributed by atoms with Gasteiger partial charge in [-0.2, -0.15) is 0 Å². The van der Waals surface area contributed by atoms with E-state index >= 15 is 0 Å². The van der Waals surface area contributed by atoms with Gasteiger partial charge >= 0.3 is 0 Å². The minimum Gasteiger partial charge on any atom is -0.399 e. The molecule has 0 fully saturated rings. The number of hydrogen-bond acceptors (Lipinski definition) is 4. The van der Waals surface area contributed by atoms with Gasteiger partial charge in [0, 0.05) is 12.2 Å². The summed E-state index contributed by atoms with van der Waals surface area (Å²) in [5, 5.41) is 9.67. The standard InChI is InChI=1S/C13H22N2O3S/c1-8(2)12(16)7-15-19(17,18)13-9(3)5-11(14)6-10(13)4/h5-6,8,12,15-16H,7,14H2,1-4H3. The predicted octanol–water partition coefficient (Wildman–Crippen LogP) is 1.18. The molecule has 0 amide bonds. The summed E-state index contributed by atoms with van der Waals surface area (Å²) in [5.41, 5.74) is 7.42. The molecule has 0 aliphatic heterocycles. The van der Waals surface area contributed by atoms with E-state index in [0.717, 1.165) is 0 Å². The van der Waals surface area contributed by atoms with E-state index < -0.39 is 16.1 Å². The third kappa shape index (κ3) is 3.92. The molecule has 0 aliphatic rings. The Kier molecular flexibility index (Phi) is 4.95. The largest absolute Gasteiger partial charge is 0.399 e. The summed E-state index contributed by atoms with van der Waals surface area (Å²) in [6.45, 7) is 7.08. The maximum Gasteiger partial charge on any atom is 0.241 e. The Labute approximate surface area is 114 Å². The second-order valence-electron chi connectivity index (χ2n) is 5.15. The van der Waals surface area contributed by atoms with E-state index in [-0.39, 0.29) is 17.4 Å². The molecule has 0 heterocycles. The molecule has 1 aromatic rings. The molecule has 6 heteroatoms. The fraction of sp³-hybridized carbons (Fsp3) is 0.538. The van der Waals surface area contributed by atoms with Crippen molar-refractivity contribution >= 4 is 15.7 Å². The number of aryl methyl sites for hydroxylation is 2. The van der Waals surface area contributed by atoms with Crippen molar-refractivity contribution < 1.29 is 13.5 Å². The van der Waals surface area contributed by atoms with Crippen LogP contribution in [0.2, 0.25) is 0 Å². The van der Waals surface area contributed by atoms with Crippen LogP contribution in [0.5, 0.6) is 0 Å². The van der Waals surface area contributed by atoms with Crippen LogP contribution in [0.3, 0.4) is 0 Å². The SMILES string of the molecule is Cc1cc(N)cc(C)c1S(=O)(=O)NCC(O)C(C)C. The number of nitrogens with one attached hydrogen (secondary N) is 1. The van der Waals surface area contributed by atoms with Gasteiger partial charge in [-0.05, 0) is 43.0 Å². The predicted molar refractivity (Wildman–Crippen MR) is 76.4 cm³/mol. The summed E-state index contributed by atoms with van der Waals surface area (Å²) in [7, 11) is -3.63. The molecular weight excluding hydrogens is 264 g/mol. The first-order valence-electron chi connectivity index (χ1n) is 6.19. The van der Waals surface area contributed by atoms with E-state index in [4.69, 9.17) is 5.73 Å². The summed E-state index contributed by atoms with van der Waals surface area (Å²) in [6.07, 6.45) is -0.704. The van der Waals surface area contributed by atoms with Gasteiger partial charge in [-0.15, -0.1) is 0 Å². The number of benzene rings is 1. The van der Waals surface area contributed by atoms with E-state index in [0.29, 0.717) is 16.8 Å². The van der Waals surface area contributed by atoms with Gasteiger partial charge in [0.05, 0.1) is 11.0 Å². The zero-order chi connectivity index (χ0) is 14.8. The van der Waals surface area contributed by atoms with Crippen molar-refractivity contribution in [1.82, 2.24) is 4.72 Å². The fourth-order valence-electron chi connectivity index (χ4n) is 1.91. The third-order valence-electron chi connectivity index (χ3n) is 3.00. The molecule has 0 aliphatic carbocycles. The molecule has 19 heavy (non-hydrogen) atoms. The molecule has 0 saturated heterocycles. The summed E-state index contributed by atoms with van der Waals surface area (Å²) < 4.78 is 26.9. The smallest absolute Gasteiger partial charge is 0.241 e. The minimum absolute atomic E-state index is 0.00323. The Balaban J connectivity index is 3.02. The van der Waals surface area contributed by atoms with Crippen LogP contribution in [-0.4, -0.2) is 26.2 Å². The molecule has 108 valence electrons. The van der Waals surface area contributed by atoms with Crippen molar-refractivity contribution in [2.24, 2.45) is 5.92 Å². The van der Waals surface area contributed by atoms with Crippen LogP contribution in [-0.2, 0) is 10.0 Å². The van der Waals surface area contributed by atoms with Crippen molar-refractivity contribution in [3.8, 4) is 0 Å². The molecule has 0 radical (unpaired) electrons. The quantitative estimate of drug-likeness (QED) is 0.709. The highest BCUT2D eigenvalue weighted by molar-refractivity contribution is 7.89. The fourth-order valence-corrected chi connectivity index (χ4v) is 3.41. The Bertz CT molecular complexity index is 530. The van der Waals surface area contributed by atoms with Crippen LogP contribution in [0.4, 0.5) is 5.69 Å². The average molecular weight is 286 g/mol. The van der Waals surface area contributed by atoms with Gasteiger partial charge in [-0.3, -0.25) is 0 Å². The van der Waals surface area contributed by atoms with Crippen molar-refractivity contribution in [2.45, 2.75) is 38.7 Å². The number of aliphatic hydroxyl groups excluding tert-OH is 1. The minimum atomic E-state index is -3.63. The second kappa shape index (κ2) is 5.90. The van der Waals surface area contributed by atoms with E-state index in [1.165, 1.54) is 0 Å². The zero-order valence-corrected chi connectivity index (χ0v) is 12.6. The third-order valence-corrected chi connectivity index (χ3v) is 4.73. The lowest BCUT2D eigenvalue weighted by atomic mass is 10.1. The van der Waals surface area contributed by atoms with Crippen LogP contribution in [0.25, 0.3) is 0 Å². The van der Waals surface area contributed by atoms with E-state index in [9.17, 15) is 13.5 Å². The molecule has 1 unspecified atom stereocenters. The van der Waals surface area contributed by atoms with E-state index in [1.54, 1.807) is 26.0 Å². The van der Waals surface area contributed by atoms with Crippen molar-refractivity contribution in [3.05, 3.63) is 23.3 Å². The Morgan fingerprint density at radius 2 is 1.74 bits per heavy atom. The number of hydrogen-bond donors (Lipinski definition) is 3. The Morgan fingerprint density at radius 3 is 2.16 bits per heavy atom. The van der Waals surface area contributed by atoms with Crippen molar-refractivity contribution in [3.63, 3.8) is 0 Å². The molecule has 0 aromatic heterocycles. The maximum atomic E-state index is 12.2. The zero-order valence-electron chi connectivity index (χ0n) is 11.8. The topological polar surface area (TPSA) is 92.4 Å². The van der Waals surface area contributed by atoms with Gasteiger partial charge in [0.25, 0.3) is 0 Å². The number of anilines is 1. The van der Waals surface area contributed by atoms with Crippen LogP contribution < -0.4 is 10.5 Å². The van der Waals surface area contributed by atoms with Crippen LogP contribution in [0.1, 0.15) is 25.0 Å². The highest BCUT2D eigenvalue weighted by atomic mass is 32.2. The highest BCUT2D eigenvalue weighted by Gasteiger charge is 2.21. The molecule has 4 N–H and O–H groups in total. The Morgan fingerprint density at radius 1 is 1.26 bits per heavy atom. The van der Waals surface area contributed by atoms with Crippen molar-refractivity contribution in [1.29, 1.82) is 0 Å². The summed E-state index contributed by atoms with van der Waals surface area (Å²) in [4.78, 5) is 0.234. The number of aliphatic hydroxyl groups is 1. The summed E-state index contributed by atoms with van der Waals surface area (Å²) in [5.74, 6) is -0.00342. The van der Waals surface area contributed by atoms with Crippen LogP contribution in [0, 0.1) is 19.8 Å². The molecule has 1 aromatic carbocycles. The van der Waals surface area contributed by atoms with Crippen LogP contribution >= 0.6 is 0 Å². The number of rotatable bonds is 5. The van der Waals surface area contributed by atoms with Gasteiger partial charge in [0.1, 0.15) is 0 Å². The molecule has 1 atom stereocenters. The molecule has 0 spiro atoms. The maximum absolute atomic E-state index is 12.2. The summed E-state index contributed by atoms with van der Waals surface area (Å²) >= 11 is 0. The first-order chi connectivity index (χ1) is 8.65.